The third-order valence-electron chi connectivity index (χ3n) is 6.30. The van der Waals surface area contributed by atoms with Gasteiger partial charge in [0, 0.05) is 43.8 Å². The largest absolute Gasteiger partial charge is 0.352 e. The Bertz CT molecular complexity index is 1100. The van der Waals surface area contributed by atoms with Crippen molar-refractivity contribution in [3.8, 4) is 0 Å². The lowest BCUT2D eigenvalue weighted by Crippen LogP contribution is -2.38. The first kappa shape index (κ1) is 22.0. The van der Waals surface area contributed by atoms with Gasteiger partial charge in [-0.1, -0.05) is 18.9 Å². The van der Waals surface area contributed by atoms with Gasteiger partial charge in [-0.2, -0.15) is 0 Å². The van der Waals surface area contributed by atoms with E-state index in [0.29, 0.717) is 42.2 Å². The molecule has 1 saturated heterocycles. The molecule has 4 rings (SSSR count). The fourth-order valence-electron chi connectivity index (χ4n) is 4.25. The van der Waals surface area contributed by atoms with Crippen molar-refractivity contribution in [3.63, 3.8) is 0 Å². The summed E-state index contributed by atoms with van der Waals surface area (Å²) in [4.78, 5) is 31.0. The van der Waals surface area contributed by atoms with Gasteiger partial charge in [0.25, 0.3) is 11.8 Å². The number of piperidine rings is 1. The molecular formula is C25H29FN4O2. The molecule has 1 aromatic carbocycles. The predicted octanol–water partition coefficient (Wildman–Crippen LogP) is 4.23. The average Bonchev–Trinajstić information content (AvgIpc) is 3.28. The van der Waals surface area contributed by atoms with Crippen molar-refractivity contribution in [3.05, 3.63) is 71.4 Å². The van der Waals surface area contributed by atoms with Gasteiger partial charge >= 0.3 is 0 Å². The highest BCUT2D eigenvalue weighted by Crippen LogP contribution is 2.24. The number of carbonyl (C=O) groups excluding carboxylic acids is 2. The maximum atomic E-state index is 13.8. The Morgan fingerprint density at radius 3 is 2.69 bits per heavy atom. The second kappa shape index (κ2) is 9.94. The molecule has 0 spiro atoms. The zero-order chi connectivity index (χ0) is 22.5. The fraction of sp³-hybridized carbons (Fsp3) is 0.400. The van der Waals surface area contributed by atoms with E-state index in [1.54, 1.807) is 37.5 Å². The van der Waals surface area contributed by atoms with Crippen LogP contribution in [0.3, 0.4) is 0 Å². The van der Waals surface area contributed by atoms with Gasteiger partial charge in [-0.3, -0.25) is 9.59 Å². The van der Waals surface area contributed by atoms with Gasteiger partial charge in [0.2, 0.25) is 0 Å². The minimum Gasteiger partial charge on any atom is -0.352 e. The van der Waals surface area contributed by atoms with E-state index in [1.165, 1.54) is 6.07 Å². The van der Waals surface area contributed by atoms with Crippen LogP contribution in [-0.4, -0.2) is 45.7 Å². The number of benzene rings is 1. The van der Waals surface area contributed by atoms with Gasteiger partial charge in [0.15, 0.2) is 0 Å². The molecular weight excluding hydrogens is 407 g/mol. The summed E-state index contributed by atoms with van der Waals surface area (Å²) in [6, 6.07) is 8.32. The van der Waals surface area contributed by atoms with E-state index in [0.717, 1.165) is 37.8 Å². The number of hydrogen-bond acceptors (Lipinski definition) is 3. The van der Waals surface area contributed by atoms with Crippen molar-refractivity contribution < 1.29 is 14.0 Å². The topological polar surface area (TPSA) is 66.7 Å². The van der Waals surface area contributed by atoms with E-state index in [1.807, 2.05) is 21.6 Å². The number of amides is 2. The number of unbranched alkanes of at least 4 members (excludes halogenated alkanes) is 1. The zero-order valence-corrected chi connectivity index (χ0v) is 18.4. The second-order valence-electron chi connectivity index (χ2n) is 8.56. The summed E-state index contributed by atoms with van der Waals surface area (Å²) in [5.41, 5.74) is 2.42. The standard InChI is InChI=1S/C25H29FN4O2/c1-18-5-6-20(16-22(18)26)25(32)29-13-9-19(10-14-29)4-2-3-11-28-24(31)21-7-8-23-27-12-15-30(23)17-21/h5-8,12,15-17,19H,2-4,9-11,13-14H2,1H3,(H,28,31). The lowest BCUT2D eigenvalue weighted by atomic mass is 9.91. The molecule has 7 heteroatoms. The molecule has 2 aromatic heterocycles. The number of nitrogens with one attached hydrogen (secondary N) is 1. The number of halogens is 1. The Morgan fingerprint density at radius 1 is 1.12 bits per heavy atom. The summed E-state index contributed by atoms with van der Waals surface area (Å²) in [5.74, 6) is 0.104. The van der Waals surface area contributed by atoms with Crippen LogP contribution in [0.1, 0.15) is 58.4 Å². The summed E-state index contributed by atoms with van der Waals surface area (Å²) >= 11 is 0. The summed E-state index contributed by atoms with van der Waals surface area (Å²) < 4.78 is 15.6. The van der Waals surface area contributed by atoms with Crippen LogP contribution in [-0.2, 0) is 0 Å². The van der Waals surface area contributed by atoms with Crippen LogP contribution in [0.2, 0.25) is 0 Å². The Morgan fingerprint density at radius 2 is 1.91 bits per heavy atom. The Kier molecular flexibility index (Phi) is 6.83. The number of pyridine rings is 1. The summed E-state index contributed by atoms with van der Waals surface area (Å²) in [5, 5.41) is 2.99. The quantitative estimate of drug-likeness (QED) is 0.564. The van der Waals surface area contributed by atoms with Crippen LogP contribution in [0.15, 0.2) is 48.9 Å². The number of rotatable bonds is 7. The molecule has 168 valence electrons. The molecule has 1 aliphatic rings. The van der Waals surface area contributed by atoms with Gasteiger partial charge in [-0.05, 0) is 61.9 Å². The van der Waals surface area contributed by atoms with Crippen molar-refractivity contribution in [2.24, 2.45) is 5.92 Å². The summed E-state index contributed by atoms with van der Waals surface area (Å²) in [7, 11) is 0. The minimum atomic E-state index is -0.333. The number of carbonyl (C=O) groups is 2. The van der Waals surface area contributed by atoms with Gasteiger partial charge in [0.05, 0.1) is 5.56 Å². The molecule has 3 aromatic rings. The summed E-state index contributed by atoms with van der Waals surface area (Å²) in [6.45, 7) is 3.77. The van der Waals surface area contributed by atoms with Crippen LogP contribution < -0.4 is 5.32 Å². The number of hydrogen-bond donors (Lipinski definition) is 1. The number of imidazole rings is 1. The number of aryl methyl sites for hydroxylation is 1. The molecule has 0 saturated carbocycles. The van der Waals surface area contributed by atoms with Crippen molar-refractivity contribution in [2.45, 2.75) is 39.0 Å². The molecule has 0 bridgehead atoms. The summed E-state index contributed by atoms with van der Waals surface area (Å²) in [6.07, 6.45) is 10.3. The average molecular weight is 437 g/mol. The highest BCUT2D eigenvalue weighted by Gasteiger charge is 2.23. The third-order valence-corrected chi connectivity index (χ3v) is 6.30. The highest BCUT2D eigenvalue weighted by molar-refractivity contribution is 5.94. The lowest BCUT2D eigenvalue weighted by Gasteiger charge is -2.32. The van der Waals surface area contributed by atoms with Crippen LogP contribution >= 0.6 is 0 Å². The Balaban J connectivity index is 1.14. The van der Waals surface area contributed by atoms with Gasteiger partial charge < -0.3 is 14.6 Å². The fourth-order valence-corrected chi connectivity index (χ4v) is 4.25. The first-order valence-corrected chi connectivity index (χ1v) is 11.3. The number of aromatic nitrogens is 2. The normalized spacial score (nSPS) is 14.6. The predicted molar refractivity (Wildman–Crippen MR) is 121 cm³/mol. The van der Waals surface area contributed by atoms with Crippen molar-refractivity contribution in [1.82, 2.24) is 19.6 Å². The van der Waals surface area contributed by atoms with Crippen molar-refractivity contribution >= 4 is 17.5 Å². The van der Waals surface area contributed by atoms with E-state index in [2.05, 4.69) is 10.3 Å². The molecule has 1 fully saturated rings. The third kappa shape index (κ3) is 5.15. The van der Waals surface area contributed by atoms with Crippen LogP contribution in [0.5, 0.6) is 0 Å². The number of likely N-dealkylation sites (tertiary alicyclic amines) is 1. The van der Waals surface area contributed by atoms with E-state index in [4.69, 9.17) is 0 Å². The van der Waals surface area contributed by atoms with E-state index >= 15 is 0 Å². The van der Waals surface area contributed by atoms with Gasteiger partial charge in [-0.15, -0.1) is 0 Å². The van der Waals surface area contributed by atoms with Crippen LogP contribution in [0.4, 0.5) is 4.39 Å². The number of nitrogens with zero attached hydrogens (tertiary/aromatic N) is 3. The lowest BCUT2D eigenvalue weighted by molar-refractivity contribution is 0.0685. The zero-order valence-electron chi connectivity index (χ0n) is 18.4. The maximum absolute atomic E-state index is 13.8. The van der Waals surface area contributed by atoms with Crippen molar-refractivity contribution in [2.75, 3.05) is 19.6 Å². The first-order valence-electron chi connectivity index (χ1n) is 11.3. The highest BCUT2D eigenvalue weighted by atomic mass is 19.1. The minimum absolute atomic E-state index is 0.0695. The van der Waals surface area contributed by atoms with Crippen molar-refractivity contribution in [1.29, 1.82) is 0 Å². The maximum Gasteiger partial charge on any atom is 0.253 e. The van der Waals surface area contributed by atoms with Crippen LogP contribution in [0.25, 0.3) is 5.65 Å². The molecule has 0 radical (unpaired) electrons. The Hall–Kier alpha value is -3.22. The monoisotopic (exact) mass is 436 g/mol. The molecule has 2 amide bonds. The van der Waals surface area contributed by atoms with E-state index in [-0.39, 0.29) is 17.6 Å². The molecule has 32 heavy (non-hydrogen) atoms. The number of fused-ring (bicyclic) bond motifs is 1. The first-order chi connectivity index (χ1) is 15.5. The molecule has 1 N–H and O–H groups in total. The second-order valence-corrected chi connectivity index (χ2v) is 8.56. The molecule has 0 atom stereocenters. The van der Waals surface area contributed by atoms with E-state index < -0.39 is 0 Å². The van der Waals surface area contributed by atoms with Gasteiger partial charge in [-0.25, -0.2) is 9.37 Å². The smallest absolute Gasteiger partial charge is 0.253 e. The van der Waals surface area contributed by atoms with E-state index in [9.17, 15) is 14.0 Å². The SMILES string of the molecule is Cc1ccc(C(=O)N2CCC(CCCCNC(=O)c3ccc4nccn4c3)CC2)cc1F. The molecule has 0 unspecified atom stereocenters. The Labute approximate surface area is 187 Å². The van der Waals surface area contributed by atoms with Crippen LogP contribution in [0, 0.1) is 18.7 Å². The molecule has 3 heterocycles. The van der Waals surface area contributed by atoms with Gasteiger partial charge in [0.1, 0.15) is 11.5 Å². The molecule has 6 nitrogen and oxygen atoms in total. The molecule has 0 aliphatic carbocycles. The molecule has 1 aliphatic heterocycles.